The van der Waals surface area contributed by atoms with Crippen molar-refractivity contribution in [2.24, 2.45) is 5.90 Å². The van der Waals surface area contributed by atoms with Crippen molar-refractivity contribution in [3.05, 3.63) is 58.3 Å². The first-order valence-electron chi connectivity index (χ1n) is 9.68. The number of aliphatic hydroxyl groups excluding tert-OH is 2. The molecule has 0 amide bonds. The maximum atomic E-state index is 12.6. The topological polar surface area (TPSA) is 135 Å². The van der Waals surface area contributed by atoms with E-state index in [2.05, 4.69) is 4.84 Å². The highest BCUT2D eigenvalue weighted by molar-refractivity contribution is 5.85. The van der Waals surface area contributed by atoms with Crippen LogP contribution in [0.1, 0.15) is 18.4 Å². The first-order chi connectivity index (χ1) is 14.5. The number of phenols is 1. The van der Waals surface area contributed by atoms with Crippen LogP contribution in [0.4, 0.5) is 0 Å². The lowest BCUT2D eigenvalue weighted by Gasteiger charge is -2.32. The van der Waals surface area contributed by atoms with Crippen LogP contribution in [-0.2, 0) is 11.2 Å². The number of aliphatic hydroxyl groups is 2. The molecule has 1 aromatic heterocycles. The molecule has 1 aliphatic heterocycles. The quantitative estimate of drug-likeness (QED) is 0.466. The average Bonchev–Trinajstić information content (AvgIpc) is 2.72. The molecule has 0 radical (unpaired) electrons. The number of fused-ring (bicyclic) bond motifs is 1. The number of hydrogen-bond donors (Lipinski definition) is 4. The molecular weight excluding hydrogens is 390 g/mol. The summed E-state index contributed by atoms with van der Waals surface area (Å²) in [7, 11) is 0. The van der Waals surface area contributed by atoms with Crippen molar-refractivity contribution in [3.8, 4) is 22.8 Å². The number of aromatic hydroxyl groups is 1. The van der Waals surface area contributed by atoms with Gasteiger partial charge in [0.05, 0.1) is 24.9 Å². The molecule has 2 heterocycles. The van der Waals surface area contributed by atoms with Crippen molar-refractivity contribution in [2.45, 2.75) is 37.6 Å². The summed E-state index contributed by atoms with van der Waals surface area (Å²) in [5, 5.41) is 29.9. The van der Waals surface area contributed by atoms with E-state index in [-0.39, 0.29) is 34.9 Å². The van der Waals surface area contributed by atoms with Gasteiger partial charge < -0.3 is 29.3 Å². The van der Waals surface area contributed by atoms with Crippen LogP contribution in [-0.4, -0.2) is 40.2 Å². The Labute approximate surface area is 172 Å². The minimum atomic E-state index is -0.556. The van der Waals surface area contributed by atoms with Gasteiger partial charge in [0.25, 0.3) is 0 Å². The van der Waals surface area contributed by atoms with E-state index in [9.17, 15) is 20.1 Å². The monoisotopic (exact) mass is 413 g/mol. The largest absolute Gasteiger partial charge is 0.507 e. The molecule has 0 saturated carbocycles. The molecule has 5 N–H and O–H groups in total. The molecule has 8 nitrogen and oxygen atoms in total. The molecule has 2 aromatic carbocycles. The van der Waals surface area contributed by atoms with Crippen LogP contribution in [0.3, 0.4) is 0 Å². The first kappa shape index (κ1) is 20.4. The van der Waals surface area contributed by atoms with Crippen molar-refractivity contribution < 1.29 is 29.3 Å². The highest BCUT2D eigenvalue weighted by Crippen LogP contribution is 2.30. The number of rotatable bonds is 5. The van der Waals surface area contributed by atoms with Gasteiger partial charge in [-0.3, -0.25) is 4.79 Å². The van der Waals surface area contributed by atoms with Gasteiger partial charge in [-0.1, -0.05) is 0 Å². The highest BCUT2D eigenvalue weighted by atomic mass is 16.6. The molecule has 4 rings (SSSR count). The van der Waals surface area contributed by atoms with Crippen molar-refractivity contribution in [1.82, 2.24) is 0 Å². The van der Waals surface area contributed by atoms with Gasteiger partial charge in [-0.15, -0.1) is 0 Å². The van der Waals surface area contributed by atoms with Crippen LogP contribution in [0.25, 0.3) is 22.3 Å². The molecule has 8 heteroatoms. The van der Waals surface area contributed by atoms with Crippen molar-refractivity contribution in [2.75, 3.05) is 6.61 Å². The Morgan fingerprint density at radius 3 is 2.53 bits per heavy atom. The van der Waals surface area contributed by atoms with Gasteiger partial charge in [0.2, 0.25) is 0 Å². The highest BCUT2D eigenvalue weighted by Gasteiger charge is 2.28. The maximum absolute atomic E-state index is 12.6. The van der Waals surface area contributed by atoms with Crippen molar-refractivity contribution in [1.29, 1.82) is 0 Å². The molecule has 158 valence electrons. The van der Waals surface area contributed by atoms with E-state index in [0.717, 1.165) is 0 Å². The number of nitrogens with two attached hydrogens (primary N) is 1. The summed E-state index contributed by atoms with van der Waals surface area (Å²) in [6, 6.07) is 11.2. The lowest BCUT2D eigenvalue weighted by atomic mass is 9.96. The fourth-order valence-corrected chi connectivity index (χ4v) is 3.88. The predicted molar refractivity (Wildman–Crippen MR) is 109 cm³/mol. The van der Waals surface area contributed by atoms with E-state index < -0.39 is 12.2 Å². The fraction of sp³-hybridized carbons (Fsp3) is 0.318. The van der Waals surface area contributed by atoms with E-state index in [0.29, 0.717) is 41.9 Å². The van der Waals surface area contributed by atoms with Gasteiger partial charge in [0, 0.05) is 18.1 Å². The van der Waals surface area contributed by atoms with Crippen LogP contribution in [0.2, 0.25) is 0 Å². The Kier molecular flexibility index (Phi) is 5.74. The van der Waals surface area contributed by atoms with E-state index in [1.54, 1.807) is 30.3 Å². The molecule has 3 unspecified atom stereocenters. The van der Waals surface area contributed by atoms with Gasteiger partial charge in [0.1, 0.15) is 28.2 Å². The second kappa shape index (κ2) is 8.45. The number of hydrogen-bond acceptors (Lipinski definition) is 8. The zero-order valence-electron chi connectivity index (χ0n) is 16.2. The molecule has 1 saturated heterocycles. The molecule has 0 aliphatic carbocycles. The molecule has 3 atom stereocenters. The zero-order chi connectivity index (χ0) is 21.3. The van der Waals surface area contributed by atoms with Crippen LogP contribution in [0.15, 0.2) is 51.7 Å². The number of ether oxygens (including phenoxy) is 1. The van der Waals surface area contributed by atoms with E-state index in [4.69, 9.17) is 15.1 Å². The third kappa shape index (κ3) is 4.17. The molecular formula is C22H23NO7. The van der Waals surface area contributed by atoms with Crippen molar-refractivity contribution in [3.63, 3.8) is 0 Å². The van der Waals surface area contributed by atoms with Gasteiger partial charge in [0.15, 0.2) is 5.43 Å². The minimum Gasteiger partial charge on any atom is -0.507 e. The van der Waals surface area contributed by atoms with Crippen LogP contribution in [0.5, 0.6) is 11.5 Å². The summed E-state index contributed by atoms with van der Waals surface area (Å²) in [5.41, 5.74) is 1.24. The lowest BCUT2D eigenvalue weighted by molar-refractivity contribution is -0.110. The van der Waals surface area contributed by atoms with Crippen LogP contribution in [0, 0.1) is 0 Å². The van der Waals surface area contributed by atoms with E-state index in [1.165, 1.54) is 12.1 Å². The Hall–Kier alpha value is -2.91. The van der Waals surface area contributed by atoms with E-state index in [1.807, 2.05) is 0 Å². The number of phenolic OH excluding ortho intramolecular Hbond substituents is 1. The third-order valence-corrected chi connectivity index (χ3v) is 5.27. The van der Waals surface area contributed by atoms with E-state index >= 15 is 0 Å². The fourth-order valence-electron chi connectivity index (χ4n) is 3.88. The van der Waals surface area contributed by atoms with Gasteiger partial charge in [-0.2, -0.15) is 5.90 Å². The molecule has 30 heavy (non-hydrogen) atoms. The first-order valence-corrected chi connectivity index (χ1v) is 9.68. The summed E-state index contributed by atoms with van der Waals surface area (Å²) in [5.74, 6) is 5.77. The molecule has 0 spiro atoms. The summed E-state index contributed by atoms with van der Waals surface area (Å²) < 4.78 is 11.7. The smallest absolute Gasteiger partial charge is 0.197 e. The van der Waals surface area contributed by atoms with Gasteiger partial charge in [-0.25, -0.2) is 0 Å². The van der Waals surface area contributed by atoms with Gasteiger partial charge in [-0.05, 0) is 54.8 Å². The summed E-state index contributed by atoms with van der Waals surface area (Å²) in [6.07, 6.45) is -0.0795. The Morgan fingerprint density at radius 2 is 1.83 bits per heavy atom. The van der Waals surface area contributed by atoms with Crippen LogP contribution < -0.4 is 16.2 Å². The maximum Gasteiger partial charge on any atom is 0.197 e. The number of benzene rings is 2. The molecule has 0 bridgehead atoms. The normalized spacial score (nSPS) is 21.6. The van der Waals surface area contributed by atoms with Gasteiger partial charge >= 0.3 is 0 Å². The zero-order valence-corrected chi connectivity index (χ0v) is 16.2. The second-order valence-electron chi connectivity index (χ2n) is 7.50. The second-order valence-corrected chi connectivity index (χ2v) is 7.50. The van der Waals surface area contributed by atoms with Crippen molar-refractivity contribution >= 4 is 11.0 Å². The Balaban J connectivity index is 1.68. The molecule has 3 aromatic rings. The minimum absolute atomic E-state index is 0.0993. The predicted octanol–water partition coefficient (Wildman–Crippen LogP) is 1.86. The summed E-state index contributed by atoms with van der Waals surface area (Å²) in [6.45, 7) is -0.164. The Bertz CT molecular complexity index is 1090. The van der Waals surface area contributed by atoms with Crippen LogP contribution >= 0.6 is 0 Å². The third-order valence-electron chi connectivity index (χ3n) is 5.27. The standard InChI is InChI=1S/C22H23NO7/c23-30-15-3-1-13(2-4-15)20-10-19(27)22-18(26)6-12(7-21(22)29-20)5-16-8-14(25)9-17(11-24)28-16/h1-4,6-7,10,14,16-17,24-26H,5,8-9,11,23H2. The summed E-state index contributed by atoms with van der Waals surface area (Å²) >= 11 is 0. The summed E-state index contributed by atoms with van der Waals surface area (Å²) in [4.78, 5) is 17.2. The molecule has 1 fully saturated rings. The Morgan fingerprint density at radius 1 is 1.10 bits per heavy atom. The average molecular weight is 413 g/mol. The lowest BCUT2D eigenvalue weighted by Crippen LogP contribution is -2.38. The molecule has 1 aliphatic rings. The SMILES string of the molecule is NOc1ccc(-c2cc(=O)c3c(O)cc(CC4CC(O)CC(CO)O4)cc3o2)cc1.